The van der Waals surface area contributed by atoms with Crippen LogP contribution >= 0.6 is 0 Å². The highest BCUT2D eigenvalue weighted by Gasteiger charge is 2.39. The van der Waals surface area contributed by atoms with Gasteiger partial charge in [0.2, 0.25) is 0 Å². The van der Waals surface area contributed by atoms with Gasteiger partial charge in [-0.25, -0.2) is 4.79 Å². The van der Waals surface area contributed by atoms with Crippen LogP contribution in [0.25, 0.3) is 0 Å². The van der Waals surface area contributed by atoms with Crippen molar-refractivity contribution in [3.8, 4) is 0 Å². The van der Waals surface area contributed by atoms with Crippen molar-refractivity contribution >= 4 is 6.09 Å². The Balaban J connectivity index is 2.00. The molecule has 5 nitrogen and oxygen atoms in total. The zero-order valence-electron chi connectivity index (χ0n) is 10.2. The van der Waals surface area contributed by atoms with Crippen molar-refractivity contribution in [3.63, 3.8) is 0 Å². The Morgan fingerprint density at radius 3 is 2.88 bits per heavy atom. The molecule has 0 unspecified atom stereocenters. The van der Waals surface area contributed by atoms with E-state index in [9.17, 15) is 4.79 Å². The smallest absolute Gasteiger partial charge is 0.410 e. The molecule has 92 valence electrons. The van der Waals surface area contributed by atoms with E-state index in [1.165, 1.54) is 0 Å². The Kier molecular flexibility index (Phi) is 3.08. The number of carbonyl (C=O) groups is 1. The van der Waals surface area contributed by atoms with E-state index in [1.54, 1.807) is 4.90 Å². The van der Waals surface area contributed by atoms with E-state index in [0.29, 0.717) is 13.2 Å². The van der Waals surface area contributed by atoms with Gasteiger partial charge in [0.1, 0.15) is 5.60 Å². The van der Waals surface area contributed by atoms with Crippen molar-refractivity contribution in [3.05, 3.63) is 0 Å². The summed E-state index contributed by atoms with van der Waals surface area (Å²) in [5.74, 6) is 0. The van der Waals surface area contributed by atoms with Gasteiger partial charge in [0.05, 0.1) is 18.8 Å². The summed E-state index contributed by atoms with van der Waals surface area (Å²) in [5, 5.41) is 3.24. The quantitative estimate of drug-likeness (QED) is 0.659. The first-order valence-corrected chi connectivity index (χ1v) is 5.79. The van der Waals surface area contributed by atoms with Crippen LogP contribution in [0.2, 0.25) is 0 Å². The van der Waals surface area contributed by atoms with E-state index in [1.807, 2.05) is 20.8 Å². The standard InChI is InChI=1S/C11H20N2O3/c1-11(2,3)16-10(14)13-4-5-15-9-7-12-6-8(9)13/h8-9,12H,4-7H2,1-3H3/t8-,9+/m1/s1. The van der Waals surface area contributed by atoms with Gasteiger partial charge in [0.25, 0.3) is 0 Å². The van der Waals surface area contributed by atoms with Crippen molar-refractivity contribution < 1.29 is 14.3 Å². The van der Waals surface area contributed by atoms with Crippen molar-refractivity contribution in [1.82, 2.24) is 10.2 Å². The minimum atomic E-state index is -0.434. The number of morpholine rings is 1. The second kappa shape index (κ2) is 4.22. The second-order valence-electron chi connectivity index (χ2n) is 5.31. The van der Waals surface area contributed by atoms with Gasteiger partial charge < -0.3 is 14.8 Å². The van der Waals surface area contributed by atoms with E-state index in [0.717, 1.165) is 13.1 Å². The number of rotatable bonds is 0. The fourth-order valence-electron chi connectivity index (χ4n) is 2.14. The monoisotopic (exact) mass is 228 g/mol. The molecule has 0 aromatic carbocycles. The van der Waals surface area contributed by atoms with Crippen LogP contribution in [0, 0.1) is 0 Å². The van der Waals surface area contributed by atoms with Gasteiger partial charge >= 0.3 is 6.09 Å². The summed E-state index contributed by atoms with van der Waals surface area (Å²) in [6, 6.07) is 0.128. The fraction of sp³-hybridized carbons (Fsp3) is 0.909. The van der Waals surface area contributed by atoms with Crippen LogP contribution < -0.4 is 5.32 Å². The van der Waals surface area contributed by atoms with E-state index >= 15 is 0 Å². The maximum Gasteiger partial charge on any atom is 0.410 e. The van der Waals surface area contributed by atoms with E-state index in [-0.39, 0.29) is 18.2 Å². The van der Waals surface area contributed by atoms with Crippen LogP contribution in [-0.4, -0.2) is 55.0 Å². The number of carbonyl (C=O) groups excluding carboxylic acids is 1. The molecule has 0 aromatic rings. The average Bonchev–Trinajstić information content (AvgIpc) is 2.61. The van der Waals surface area contributed by atoms with Crippen LogP contribution in [0.1, 0.15) is 20.8 Å². The fourth-order valence-corrected chi connectivity index (χ4v) is 2.14. The van der Waals surface area contributed by atoms with Gasteiger partial charge in [-0.1, -0.05) is 0 Å². The van der Waals surface area contributed by atoms with E-state index in [4.69, 9.17) is 9.47 Å². The van der Waals surface area contributed by atoms with Crippen LogP contribution in [-0.2, 0) is 9.47 Å². The molecule has 1 amide bonds. The highest BCUT2D eigenvalue weighted by atomic mass is 16.6. The average molecular weight is 228 g/mol. The molecular formula is C11H20N2O3. The maximum absolute atomic E-state index is 12.0. The molecule has 2 aliphatic heterocycles. The largest absolute Gasteiger partial charge is 0.444 e. The zero-order chi connectivity index (χ0) is 11.8. The van der Waals surface area contributed by atoms with E-state index < -0.39 is 5.60 Å². The third kappa shape index (κ3) is 2.47. The van der Waals surface area contributed by atoms with Crippen LogP contribution in [0.4, 0.5) is 4.79 Å². The lowest BCUT2D eigenvalue weighted by Gasteiger charge is -2.37. The molecule has 2 rings (SSSR count). The lowest BCUT2D eigenvalue weighted by molar-refractivity contribution is -0.0567. The zero-order valence-corrected chi connectivity index (χ0v) is 10.2. The van der Waals surface area contributed by atoms with E-state index in [2.05, 4.69) is 5.32 Å². The third-order valence-electron chi connectivity index (χ3n) is 2.82. The lowest BCUT2D eigenvalue weighted by atomic mass is 10.1. The van der Waals surface area contributed by atoms with Gasteiger partial charge in [-0.3, -0.25) is 4.90 Å². The second-order valence-corrected chi connectivity index (χ2v) is 5.31. The third-order valence-corrected chi connectivity index (χ3v) is 2.82. The Morgan fingerprint density at radius 2 is 2.19 bits per heavy atom. The molecule has 0 radical (unpaired) electrons. The normalized spacial score (nSPS) is 30.1. The molecule has 2 aliphatic rings. The van der Waals surface area contributed by atoms with Crippen molar-refractivity contribution in [1.29, 1.82) is 0 Å². The summed E-state index contributed by atoms with van der Waals surface area (Å²) >= 11 is 0. The first-order valence-electron chi connectivity index (χ1n) is 5.79. The Bertz CT molecular complexity index is 275. The summed E-state index contributed by atoms with van der Waals surface area (Å²) in [4.78, 5) is 13.8. The maximum atomic E-state index is 12.0. The molecule has 0 aromatic heterocycles. The predicted octanol–water partition coefficient (Wildman–Crippen LogP) is 0.594. The SMILES string of the molecule is CC(C)(C)OC(=O)N1CCO[C@H]2CNC[C@H]21. The molecule has 0 saturated carbocycles. The minimum absolute atomic E-state index is 0.126. The molecule has 2 heterocycles. The number of amides is 1. The molecular weight excluding hydrogens is 208 g/mol. The first-order chi connectivity index (χ1) is 7.47. The van der Waals surface area contributed by atoms with Crippen molar-refractivity contribution in [2.24, 2.45) is 0 Å². The predicted molar refractivity (Wildman–Crippen MR) is 59.3 cm³/mol. The Morgan fingerprint density at radius 1 is 1.44 bits per heavy atom. The Hall–Kier alpha value is -0.810. The molecule has 2 saturated heterocycles. The number of fused-ring (bicyclic) bond motifs is 1. The number of nitrogens with one attached hydrogen (secondary N) is 1. The highest BCUT2D eigenvalue weighted by molar-refractivity contribution is 5.69. The molecule has 5 heteroatoms. The van der Waals surface area contributed by atoms with Crippen LogP contribution in [0.3, 0.4) is 0 Å². The summed E-state index contributed by atoms with van der Waals surface area (Å²) in [6.45, 7) is 8.49. The van der Waals surface area contributed by atoms with Gasteiger partial charge in [-0.2, -0.15) is 0 Å². The molecule has 2 fully saturated rings. The summed E-state index contributed by atoms with van der Waals surface area (Å²) in [7, 11) is 0. The van der Waals surface area contributed by atoms with Crippen molar-refractivity contribution in [2.45, 2.75) is 38.5 Å². The number of hydrogen-bond donors (Lipinski definition) is 1. The van der Waals surface area contributed by atoms with Gasteiger partial charge in [-0.05, 0) is 20.8 Å². The lowest BCUT2D eigenvalue weighted by Crippen LogP contribution is -2.54. The van der Waals surface area contributed by atoms with Gasteiger partial charge in [-0.15, -0.1) is 0 Å². The first kappa shape index (κ1) is 11.7. The topological polar surface area (TPSA) is 50.8 Å². The highest BCUT2D eigenvalue weighted by Crippen LogP contribution is 2.20. The molecule has 16 heavy (non-hydrogen) atoms. The molecule has 2 atom stereocenters. The van der Waals surface area contributed by atoms with Crippen LogP contribution in [0.5, 0.6) is 0 Å². The number of hydrogen-bond acceptors (Lipinski definition) is 4. The molecule has 0 aliphatic carbocycles. The number of ether oxygens (including phenoxy) is 2. The summed E-state index contributed by atoms with van der Waals surface area (Å²) in [5.41, 5.74) is -0.434. The molecule has 0 spiro atoms. The molecule has 1 N–H and O–H groups in total. The van der Waals surface area contributed by atoms with Gasteiger partial charge in [0.15, 0.2) is 0 Å². The van der Waals surface area contributed by atoms with Gasteiger partial charge in [0, 0.05) is 19.6 Å². The molecule has 0 bridgehead atoms. The summed E-state index contributed by atoms with van der Waals surface area (Å²) < 4.78 is 11.0. The number of nitrogens with zero attached hydrogens (tertiary/aromatic N) is 1. The summed E-state index contributed by atoms with van der Waals surface area (Å²) in [6.07, 6.45) is -0.101. The minimum Gasteiger partial charge on any atom is -0.444 e. The van der Waals surface area contributed by atoms with Crippen molar-refractivity contribution in [2.75, 3.05) is 26.2 Å². The Labute approximate surface area is 96.1 Å². The van der Waals surface area contributed by atoms with Crippen LogP contribution in [0.15, 0.2) is 0 Å².